The maximum absolute atomic E-state index is 14.2. The lowest BCUT2D eigenvalue weighted by Gasteiger charge is -2.58. The number of carbonyl (C=O) groups excluding carboxylic acids is 1. The molecule has 11 rings (SSSR count). The fourth-order valence-corrected chi connectivity index (χ4v) is 14.2. The van der Waals surface area contributed by atoms with Crippen LogP contribution in [-0.4, -0.2) is 67.9 Å². The van der Waals surface area contributed by atoms with Crippen LogP contribution in [0.25, 0.3) is 0 Å². The predicted octanol–water partition coefficient (Wildman–Crippen LogP) is 11.8. The second-order valence-corrected chi connectivity index (χ2v) is 22.2. The smallest absolute Gasteiger partial charge is 0.338 e. The van der Waals surface area contributed by atoms with Gasteiger partial charge < -0.3 is 37.9 Å². The predicted molar refractivity (Wildman–Crippen MR) is 262 cm³/mol. The molecule has 9 heteroatoms. The fourth-order valence-electron chi connectivity index (χ4n) is 14.2. The van der Waals surface area contributed by atoms with E-state index in [1.807, 2.05) is 97.1 Å². The van der Waals surface area contributed by atoms with Gasteiger partial charge in [0.2, 0.25) is 0 Å². The SMILES string of the molecule is C[C@H]1CCC2(CC3C(CC4C5CC=C6C[C@@H](O[C@@H]7OC(COCc8ccccc8)[C@@H](OCc8ccccc8)C(OCc8ccccc8)C7OC(=O)c7ccccc7)CC[C@]6(C)C5CC[C@]34C)O2)OC1. The summed E-state index contributed by atoms with van der Waals surface area (Å²) in [4.78, 5) is 14.2. The van der Waals surface area contributed by atoms with E-state index in [1.165, 1.54) is 24.8 Å². The molecule has 0 aromatic heterocycles. The van der Waals surface area contributed by atoms with Gasteiger partial charge in [-0.25, -0.2) is 4.79 Å². The fraction of sp³-hybridized carbons (Fsp3) is 0.550. The zero-order valence-electron chi connectivity index (χ0n) is 40.8. The second kappa shape index (κ2) is 20.1. The Balaban J connectivity index is 0.858. The van der Waals surface area contributed by atoms with Gasteiger partial charge in [-0.15, -0.1) is 0 Å². The van der Waals surface area contributed by atoms with Gasteiger partial charge in [0.1, 0.15) is 18.3 Å². The number of benzene rings is 4. The van der Waals surface area contributed by atoms with Crippen molar-refractivity contribution in [1.29, 1.82) is 0 Å². The van der Waals surface area contributed by atoms with Crippen molar-refractivity contribution in [3.63, 3.8) is 0 Å². The number of ether oxygens (including phenoxy) is 8. The standard InChI is InChI=1S/C60H72O9/c1-40-26-31-60(65-35-40)34-50-51(69-60)33-49-47-25-24-45-32-46(27-29-58(45,2)48(47)28-30-59(49,50)3)66-57-55(68-56(61)44-22-14-7-15-23-44)54(64-38-43-20-12-6-13-21-43)53(63-37-42-18-10-5-11-19-42)52(67-57)39-62-36-41-16-8-4-9-17-41/h4-24,40,46-55,57H,25-39H2,1-3H3/t40-,46-,47?,48?,49?,50?,51?,52?,53+,54?,55?,57+,58-,59-,60?/m0/s1. The van der Waals surface area contributed by atoms with Crippen LogP contribution in [0.4, 0.5) is 0 Å². The highest BCUT2D eigenvalue weighted by Gasteiger charge is 2.66. The van der Waals surface area contributed by atoms with Crippen LogP contribution >= 0.6 is 0 Å². The molecular formula is C60H72O9. The van der Waals surface area contributed by atoms with Crippen LogP contribution in [0.2, 0.25) is 0 Å². The van der Waals surface area contributed by atoms with Crippen molar-refractivity contribution < 1.29 is 42.7 Å². The molecule has 4 aromatic rings. The summed E-state index contributed by atoms with van der Waals surface area (Å²) in [5.74, 6) is 2.33. The van der Waals surface area contributed by atoms with Gasteiger partial charge in [-0.1, -0.05) is 142 Å². The number of hydrogen-bond donors (Lipinski definition) is 0. The molecular weight excluding hydrogens is 865 g/mol. The molecule has 4 aliphatic carbocycles. The largest absolute Gasteiger partial charge is 0.450 e. The Morgan fingerprint density at radius 3 is 2.01 bits per heavy atom. The van der Waals surface area contributed by atoms with E-state index in [2.05, 4.69) is 39.0 Å². The van der Waals surface area contributed by atoms with Crippen molar-refractivity contribution in [3.8, 4) is 0 Å². The molecule has 3 heterocycles. The van der Waals surface area contributed by atoms with Crippen LogP contribution in [0.1, 0.15) is 112 Å². The van der Waals surface area contributed by atoms with Gasteiger partial charge in [-0.2, -0.15) is 0 Å². The van der Waals surface area contributed by atoms with Crippen LogP contribution in [0.3, 0.4) is 0 Å². The van der Waals surface area contributed by atoms with Gasteiger partial charge in [0.05, 0.1) is 50.8 Å². The Bertz CT molecular complexity index is 2350. The number of fused-ring (bicyclic) bond motifs is 7. The molecule has 3 saturated heterocycles. The van der Waals surface area contributed by atoms with Crippen LogP contribution in [0.5, 0.6) is 0 Å². The molecule has 7 aliphatic rings. The monoisotopic (exact) mass is 937 g/mol. The first kappa shape index (κ1) is 47.2. The molecule has 4 aromatic carbocycles. The zero-order chi connectivity index (χ0) is 47.0. The van der Waals surface area contributed by atoms with Gasteiger partial charge in [0, 0.05) is 12.8 Å². The van der Waals surface area contributed by atoms with Gasteiger partial charge in [0.15, 0.2) is 18.2 Å². The van der Waals surface area contributed by atoms with E-state index in [0.29, 0.717) is 54.5 Å². The van der Waals surface area contributed by atoms with Crippen molar-refractivity contribution in [2.24, 2.45) is 40.4 Å². The number of rotatable bonds is 14. The lowest BCUT2D eigenvalue weighted by molar-refractivity contribution is -0.327. The molecule has 9 nitrogen and oxygen atoms in total. The topological polar surface area (TPSA) is 90.9 Å². The Morgan fingerprint density at radius 1 is 0.696 bits per heavy atom. The maximum Gasteiger partial charge on any atom is 0.338 e. The lowest BCUT2D eigenvalue weighted by Crippen LogP contribution is -2.62. The Hall–Kier alpha value is -4.19. The number of carbonyl (C=O) groups is 1. The first-order chi connectivity index (χ1) is 33.7. The summed E-state index contributed by atoms with van der Waals surface area (Å²) in [6.07, 6.45) is 9.63. The van der Waals surface area contributed by atoms with Crippen LogP contribution in [0.15, 0.2) is 133 Å². The second-order valence-electron chi connectivity index (χ2n) is 22.2. The van der Waals surface area contributed by atoms with E-state index < -0.39 is 36.7 Å². The zero-order valence-corrected chi connectivity index (χ0v) is 40.8. The lowest BCUT2D eigenvalue weighted by atomic mass is 9.47. The van der Waals surface area contributed by atoms with Crippen molar-refractivity contribution in [2.75, 3.05) is 13.2 Å². The minimum Gasteiger partial charge on any atom is -0.450 e. The normalized spacial score (nSPS) is 38.0. The average Bonchev–Trinajstić information content (AvgIpc) is 3.88. The quantitative estimate of drug-likeness (QED) is 0.0905. The molecule has 15 atom stereocenters. The minimum absolute atomic E-state index is 0.102. The maximum atomic E-state index is 14.2. The third kappa shape index (κ3) is 9.67. The van der Waals surface area contributed by atoms with E-state index in [-0.39, 0.29) is 35.9 Å². The van der Waals surface area contributed by atoms with E-state index in [9.17, 15) is 4.79 Å². The van der Waals surface area contributed by atoms with Crippen molar-refractivity contribution in [1.82, 2.24) is 0 Å². The molecule has 69 heavy (non-hydrogen) atoms. The summed E-state index contributed by atoms with van der Waals surface area (Å²) in [7, 11) is 0. The third-order valence-corrected chi connectivity index (χ3v) is 18.0. The molecule has 9 unspecified atom stereocenters. The van der Waals surface area contributed by atoms with E-state index >= 15 is 0 Å². The third-order valence-electron chi connectivity index (χ3n) is 18.0. The molecule has 3 saturated carbocycles. The molecule has 0 amide bonds. The highest BCUT2D eigenvalue weighted by Crippen LogP contribution is 2.69. The first-order valence-corrected chi connectivity index (χ1v) is 26.2. The summed E-state index contributed by atoms with van der Waals surface area (Å²) in [5.41, 5.74) is 5.42. The van der Waals surface area contributed by atoms with E-state index in [0.717, 1.165) is 68.2 Å². The van der Waals surface area contributed by atoms with Gasteiger partial charge in [-0.05, 0) is 121 Å². The average molecular weight is 937 g/mol. The highest BCUT2D eigenvalue weighted by atomic mass is 16.7. The minimum atomic E-state index is -0.952. The van der Waals surface area contributed by atoms with Crippen LogP contribution in [0, 0.1) is 40.4 Å². The molecule has 6 fully saturated rings. The number of allylic oxidation sites excluding steroid dienone is 1. The Morgan fingerprint density at radius 2 is 1.35 bits per heavy atom. The van der Waals surface area contributed by atoms with E-state index in [4.69, 9.17) is 37.9 Å². The molecule has 3 aliphatic heterocycles. The van der Waals surface area contributed by atoms with Gasteiger partial charge in [-0.3, -0.25) is 0 Å². The molecule has 1 spiro atoms. The summed E-state index contributed by atoms with van der Waals surface area (Å²) in [6, 6.07) is 39.5. The first-order valence-electron chi connectivity index (χ1n) is 26.2. The molecule has 0 N–H and O–H groups in total. The summed E-state index contributed by atoms with van der Waals surface area (Å²) in [6.45, 7) is 9.49. The van der Waals surface area contributed by atoms with Crippen molar-refractivity contribution in [2.45, 2.75) is 154 Å². The summed E-state index contributed by atoms with van der Waals surface area (Å²) >= 11 is 0. The molecule has 366 valence electrons. The highest BCUT2D eigenvalue weighted by molar-refractivity contribution is 5.89. The van der Waals surface area contributed by atoms with Crippen LogP contribution in [-0.2, 0) is 57.7 Å². The van der Waals surface area contributed by atoms with Crippen molar-refractivity contribution in [3.05, 3.63) is 155 Å². The Kier molecular flexibility index (Phi) is 13.8. The molecule has 0 radical (unpaired) electrons. The molecule has 0 bridgehead atoms. The number of esters is 1. The van der Waals surface area contributed by atoms with Gasteiger partial charge in [0.25, 0.3) is 0 Å². The summed E-state index contributed by atoms with van der Waals surface area (Å²) in [5, 5.41) is 0. The Labute approximate surface area is 409 Å². The number of hydrogen-bond acceptors (Lipinski definition) is 9. The van der Waals surface area contributed by atoms with Gasteiger partial charge >= 0.3 is 5.97 Å². The van der Waals surface area contributed by atoms with E-state index in [1.54, 1.807) is 12.1 Å². The summed E-state index contributed by atoms with van der Waals surface area (Å²) < 4.78 is 54.7. The van der Waals surface area contributed by atoms with Crippen molar-refractivity contribution >= 4 is 5.97 Å². The van der Waals surface area contributed by atoms with Crippen LogP contribution < -0.4 is 0 Å².